The van der Waals surface area contributed by atoms with Gasteiger partial charge in [0.1, 0.15) is 33.0 Å². The van der Waals surface area contributed by atoms with E-state index in [1.807, 2.05) is 36.4 Å². The highest BCUT2D eigenvalue weighted by Gasteiger charge is 2.15. The average molecular weight is 382 g/mol. The maximum Gasteiger partial charge on any atom is 0.230 e. The van der Waals surface area contributed by atoms with Crippen molar-refractivity contribution in [3.05, 3.63) is 60.8 Å². The lowest BCUT2D eigenvalue weighted by Gasteiger charge is -2.03. The van der Waals surface area contributed by atoms with Crippen molar-refractivity contribution in [2.75, 3.05) is 5.75 Å². The molecule has 0 radical (unpaired) electrons. The highest BCUT2D eigenvalue weighted by Crippen LogP contribution is 2.34. The standard InChI is InChI=1S/C18H14N4O2S2/c23-14(19-9-13-7-4-8-24-13)10-25-18-17-16(20-11-21-18)15(22-26-17)12-5-2-1-3-6-12/h1-8,11H,9-10H2,(H,19,23). The molecule has 1 amide bonds. The number of carbonyl (C=O) groups is 1. The molecule has 0 aliphatic rings. The topological polar surface area (TPSA) is 80.9 Å². The Hall–Kier alpha value is -2.71. The minimum absolute atomic E-state index is 0.0778. The molecule has 6 nitrogen and oxygen atoms in total. The number of thioether (sulfide) groups is 1. The normalized spacial score (nSPS) is 10.9. The Labute approximate surface area is 157 Å². The van der Waals surface area contributed by atoms with E-state index in [9.17, 15) is 4.79 Å². The molecule has 4 aromatic rings. The van der Waals surface area contributed by atoms with Crippen LogP contribution in [0.2, 0.25) is 0 Å². The van der Waals surface area contributed by atoms with Crippen LogP contribution in [0.5, 0.6) is 0 Å². The van der Waals surface area contributed by atoms with Crippen molar-refractivity contribution in [2.24, 2.45) is 0 Å². The van der Waals surface area contributed by atoms with Gasteiger partial charge in [-0.05, 0) is 23.7 Å². The van der Waals surface area contributed by atoms with Crippen molar-refractivity contribution < 1.29 is 9.21 Å². The summed E-state index contributed by atoms with van der Waals surface area (Å²) in [4.78, 5) is 20.8. The number of hydrogen-bond donors (Lipinski definition) is 1. The van der Waals surface area contributed by atoms with Crippen molar-refractivity contribution in [1.82, 2.24) is 19.7 Å². The largest absolute Gasteiger partial charge is 0.467 e. The predicted octanol–water partition coefficient (Wildman–Crippen LogP) is 3.75. The van der Waals surface area contributed by atoms with Crippen LogP contribution in [0.4, 0.5) is 0 Å². The number of amides is 1. The van der Waals surface area contributed by atoms with Crippen molar-refractivity contribution >= 4 is 39.4 Å². The molecule has 0 spiro atoms. The van der Waals surface area contributed by atoms with Gasteiger partial charge >= 0.3 is 0 Å². The molecule has 0 fully saturated rings. The second-order valence-electron chi connectivity index (χ2n) is 5.40. The summed E-state index contributed by atoms with van der Waals surface area (Å²) in [5, 5.41) is 3.59. The molecule has 1 aromatic carbocycles. The predicted molar refractivity (Wildman–Crippen MR) is 102 cm³/mol. The molecule has 1 N–H and O–H groups in total. The lowest BCUT2D eigenvalue weighted by atomic mass is 10.1. The van der Waals surface area contributed by atoms with Gasteiger partial charge in [-0.25, -0.2) is 9.97 Å². The molecule has 0 saturated heterocycles. The maximum absolute atomic E-state index is 12.0. The van der Waals surface area contributed by atoms with Gasteiger partial charge in [0, 0.05) is 5.56 Å². The first-order chi connectivity index (χ1) is 12.8. The van der Waals surface area contributed by atoms with E-state index in [0.29, 0.717) is 6.54 Å². The van der Waals surface area contributed by atoms with Crippen molar-refractivity contribution in [1.29, 1.82) is 0 Å². The number of benzene rings is 1. The van der Waals surface area contributed by atoms with Gasteiger partial charge < -0.3 is 9.73 Å². The maximum atomic E-state index is 12.0. The summed E-state index contributed by atoms with van der Waals surface area (Å²) in [6.45, 7) is 0.379. The number of nitrogens with zero attached hydrogens (tertiary/aromatic N) is 3. The molecule has 3 heterocycles. The van der Waals surface area contributed by atoms with Crippen LogP contribution in [0.1, 0.15) is 5.76 Å². The molecular formula is C18H14N4O2S2. The number of furan rings is 1. The molecule has 0 unspecified atom stereocenters. The van der Waals surface area contributed by atoms with E-state index >= 15 is 0 Å². The first-order valence-corrected chi connectivity index (χ1v) is 9.65. The molecule has 0 aliphatic carbocycles. The number of aromatic nitrogens is 3. The summed E-state index contributed by atoms with van der Waals surface area (Å²) in [6, 6.07) is 13.5. The Balaban J connectivity index is 1.47. The van der Waals surface area contributed by atoms with Crippen LogP contribution < -0.4 is 5.32 Å². The summed E-state index contributed by atoms with van der Waals surface area (Å²) in [7, 11) is 0. The molecule has 4 rings (SSSR count). The second-order valence-corrected chi connectivity index (χ2v) is 7.14. The molecule has 0 aliphatic heterocycles. The van der Waals surface area contributed by atoms with Crippen LogP contribution in [-0.2, 0) is 11.3 Å². The van der Waals surface area contributed by atoms with Crippen LogP contribution in [0, 0.1) is 0 Å². The van der Waals surface area contributed by atoms with Gasteiger partial charge in [0.2, 0.25) is 5.91 Å². The molecule has 0 atom stereocenters. The minimum Gasteiger partial charge on any atom is -0.467 e. The van der Waals surface area contributed by atoms with Gasteiger partial charge in [-0.15, -0.1) is 0 Å². The van der Waals surface area contributed by atoms with Gasteiger partial charge in [0.25, 0.3) is 0 Å². The molecule has 130 valence electrons. The fourth-order valence-corrected chi connectivity index (χ4v) is 4.16. The summed E-state index contributed by atoms with van der Waals surface area (Å²) >= 11 is 2.74. The Kier molecular flexibility index (Phi) is 4.94. The van der Waals surface area contributed by atoms with Gasteiger partial charge in [-0.2, -0.15) is 4.37 Å². The molecule has 0 bridgehead atoms. The number of fused-ring (bicyclic) bond motifs is 1. The SMILES string of the molecule is O=C(CSc1ncnc2c(-c3ccccc3)nsc12)NCc1ccco1. The quantitative estimate of drug-likeness (QED) is 0.404. The fourth-order valence-electron chi connectivity index (χ4n) is 2.42. The average Bonchev–Trinajstić information content (AvgIpc) is 3.35. The molecule has 0 saturated carbocycles. The zero-order chi connectivity index (χ0) is 17.8. The molecule has 8 heteroatoms. The van der Waals surface area contributed by atoms with Gasteiger partial charge in [0.15, 0.2) is 0 Å². The lowest BCUT2D eigenvalue weighted by molar-refractivity contribution is -0.118. The zero-order valence-electron chi connectivity index (χ0n) is 13.6. The van der Waals surface area contributed by atoms with E-state index in [-0.39, 0.29) is 11.7 Å². The zero-order valence-corrected chi connectivity index (χ0v) is 15.2. The number of rotatable bonds is 6. The Morgan fingerprint density at radius 2 is 2.04 bits per heavy atom. The number of hydrogen-bond acceptors (Lipinski definition) is 7. The van der Waals surface area contributed by atoms with Gasteiger partial charge in [-0.1, -0.05) is 42.1 Å². The van der Waals surface area contributed by atoms with Crippen LogP contribution >= 0.6 is 23.3 Å². The van der Waals surface area contributed by atoms with Crippen LogP contribution in [-0.4, -0.2) is 26.0 Å². The van der Waals surface area contributed by atoms with Crippen LogP contribution in [0.25, 0.3) is 21.5 Å². The molecule has 26 heavy (non-hydrogen) atoms. The number of nitrogens with one attached hydrogen (secondary N) is 1. The highest BCUT2D eigenvalue weighted by molar-refractivity contribution is 8.00. The lowest BCUT2D eigenvalue weighted by Crippen LogP contribution is -2.24. The summed E-state index contributed by atoms with van der Waals surface area (Å²) in [5.41, 5.74) is 2.68. The van der Waals surface area contributed by atoms with E-state index in [1.165, 1.54) is 29.6 Å². The fraction of sp³-hybridized carbons (Fsp3) is 0.111. The first kappa shape index (κ1) is 16.7. The Morgan fingerprint density at radius 1 is 1.15 bits per heavy atom. The summed E-state index contributed by atoms with van der Waals surface area (Å²) in [5.74, 6) is 0.916. The second kappa shape index (κ2) is 7.67. The Bertz CT molecular complexity index is 1020. The van der Waals surface area contributed by atoms with E-state index in [1.54, 1.807) is 12.3 Å². The van der Waals surface area contributed by atoms with Crippen LogP contribution in [0.15, 0.2) is 64.5 Å². The third kappa shape index (κ3) is 3.61. The first-order valence-electron chi connectivity index (χ1n) is 7.89. The molecule has 3 aromatic heterocycles. The smallest absolute Gasteiger partial charge is 0.230 e. The van der Waals surface area contributed by atoms with Gasteiger partial charge in [-0.3, -0.25) is 4.79 Å². The van der Waals surface area contributed by atoms with E-state index in [0.717, 1.165) is 32.3 Å². The van der Waals surface area contributed by atoms with Crippen molar-refractivity contribution in [3.8, 4) is 11.3 Å². The highest BCUT2D eigenvalue weighted by atomic mass is 32.2. The van der Waals surface area contributed by atoms with E-state index in [4.69, 9.17) is 4.42 Å². The van der Waals surface area contributed by atoms with E-state index < -0.39 is 0 Å². The van der Waals surface area contributed by atoms with E-state index in [2.05, 4.69) is 19.7 Å². The minimum atomic E-state index is -0.0778. The third-order valence-electron chi connectivity index (χ3n) is 3.65. The summed E-state index contributed by atoms with van der Waals surface area (Å²) < 4.78 is 10.6. The third-order valence-corrected chi connectivity index (χ3v) is 5.61. The number of carbonyl (C=O) groups excluding carboxylic acids is 1. The van der Waals surface area contributed by atoms with Crippen LogP contribution in [0.3, 0.4) is 0 Å². The molecular weight excluding hydrogens is 368 g/mol. The summed E-state index contributed by atoms with van der Waals surface area (Å²) in [6.07, 6.45) is 3.11. The monoisotopic (exact) mass is 382 g/mol. The van der Waals surface area contributed by atoms with Crippen molar-refractivity contribution in [2.45, 2.75) is 11.6 Å². The Morgan fingerprint density at radius 3 is 2.85 bits per heavy atom. The van der Waals surface area contributed by atoms with Crippen molar-refractivity contribution in [3.63, 3.8) is 0 Å². The van der Waals surface area contributed by atoms with Gasteiger partial charge in [0.05, 0.1) is 18.6 Å².